The summed E-state index contributed by atoms with van der Waals surface area (Å²) in [6.45, 7) is 0. The molecule has 1 fully saturated rings. The Morgan fingerprint density at radius 3 is 2.72 bits per heavy atom. The summed E-state index contributed by atoms with van der Waals surface area (Å²) >= 11 is 1.80. The standard InChI is InChI=1S/C12H11F3N2S/c13-12(14,15)9-1-2-11(8(5-9)6-16)17-10-3-4-18-7-10/h1-2,5,10,17H,3-4,7H2. The van der Waals surface area contributed by atoms with Crippen LogP contribution in [0.25, 0.3) is 0 Å². The summed E-state index contributed by atoms with van der Waals surface area (Å²) in [5.74, 6) is 1.96. The third-order valence-electron chi connectivity index (χ3n) is 2.76. The Kier molecular flexibility index (Phi) is 3.71. The van der Waals surface area contributed by atoms with E-state index in [1.165, 1.54) is 6.07 Å². The summed E-state index contributed by atoms with van der Waals surface area (Å²) in [6, 6.07) is 5.28. The molecular formula is C12H11F3N2S. The van der Waals surface area contributed by atoms with Gasteiger partial charge in [-0.2, -0.15) is 30.2 Å². The first-order valence-corrected chi connectivity index (χ1v) is 6.62. The topological polar surface area (TPSA) is 35.8 Å². The van der Waals surface area contributed by atoms with Gasteiger partial charge in [0.05, 0.1) is 16.8 Å². The van der Waals surface area contributed by atoms with Crippen LogP contribution < -0.4 is 5.32 Å². The van der Waals surface area contributed by atoms with E-state index in [9.17, 15) is 13.2 Å². The van der Waals surface area contributed by atoms with Gasteiger partial charge in [-0.1, -0.05) is 0 Å². The molecule has 0 aromatic heterocycles. The van der Waals surface area contributed by atoms with Gasteiger partial charge < -0.3 is 5.32 Å². The number of hydrogen-bond donors (Lipinski definition) is 1. The normalized spacial score (nSPS) is 19.6. The van der Waals surface area contributed by atoms with Gasteiger partial charge in [-0.3, -0.25) is 0 Å². The summed E-state index contributed by atoms with van der Waals surface area (Å²) in [4.78, 5) is 0. The third-order valence-corrected chi connectivity index (χ3v) is 3.92. The minimum Gasteiger partial charge on any atom is -0.380 e. The number of nitrogens with one attached hydrogen (secondary N) is 1. The molecule has 1 aromatic rings. The SMILES string of the molecule is N#Cc1cc(C(F)(F)F)ccc1NC1CCSC1. The number of alkyl halides is 3. The lowest BCUT2D eigenvalue weighted by Crippen LogP contribution is -2.19. The zero-order chi connectivity index (χ0) is 13.2. The minimum absolute atomic E-state index is 0.0433. The lowest BCUT2D eigenvalue weighted by molar-refractivity contribution is -0.137. The molecule has 1 aliphatic rings. The Balaban J connectivity index is 2.23. The molecule has 18 heavy (non-hydrogen) atoms. The molecule has 6 heteroatoms. The van der Waals surface area contributed by atoms with Crippen molar-refractivity contribution < 1.29 is 13.2 Å². The van der Waals surface area contributed by atoms with Crippen LogP contribution in [0.4, 0.5) is 18.9 Å². The Bertz CT molecular complexity index is 473. The maximum Gasteiger partial charge on any atom is 0.416 e. The molecule has 1 saturated heterocycles. The smallest absolute Gasteiger partial charge is 0.380 e. The highest BCUT2D eigenvalue weighted by Crippen LogP contribution is 2.32. The maximum atomic E-state index is 12.5. The van der Waals surface area contributed by atoms with Crippen LogP contribution in [-0.4, -0.2) is 17.5 Å². The van der Waals surface area contributed by atoms with E-state index in [-0.39, 0.29) is 11.6 Å². The van der Waals surface area contributed by atoms with E-state index in [2.05, 4.69) is 5.32 Å². The molecule has 0 amide bonds. The molecular weight excluding hydrogens is 261 g/mol. The van der Waals surface area contributed by atoms with Crippen molar-refractivity contribution >= 4 is 17.4 Å². The molecule has 2 nitrogen and oxygen atoms in total. The number of halogens is 3. The Morgan fingerprint density at radius 2 is 2.17 bits per heavy atom. The fourth-order valence-electron chi connectivity index (χ4n) is 1.81. The van der Waals surface area contributed by atoms with Crippen LogP contribution in [0, 0.1) is 11.3 Å². The van der Waals surface area contributed by atoms with Crippen molar-refractivity contribution in [2.75, 3.05) is 16.8 Å². The second-order valence-corrected chi connectivity index (χ2v) is 5.22. The van der Waals surface area contributed by atoms with Gasteiger partial charge in [0, 0.05) is 11.8 Å². The van der Waals surface area contributed by atoms with Gasteiger partial charge in [-0.15, -0.1) is 0 Å². The van der Waals surface area contributed by atoms with Crippen molar-refractivity contribution in [2.45, 2.75) is 18.6 Å². The second-order valence-electron chi connectivity index (χ2n) is 4.07. The van der Waals surface area contributed by atoms with Crippen LogP contribution in [-0.2, 0) is 6.18 Å². The molecule has 2 rings (SSSR count). The fraction of sp³-hybridized carbons (Fsp3) is 0.417. The van der Waals surface area contributed by atoms with Crippen LogP contribution in [0.3, 0.4) is 0 Å². The number of thioether (sulfide) groups is 1. The lowest BCUT2D eigenvalue weighted by Gasteiger charge is -2.15. The number of nitrogens with zero attached hydrogens (tertiary/aromatic N) is 1. The summed E-state index contributed by atoms with van der Waals surface area (Å²) in [5, 5.41) is 12.0. The van der Waals surface area contributed by atoms with Crippen LogP contribution >= 0.6 is 11.8 Å². The van der Waals surface area contributed by atoms with Crippen molar-refractivity contribution in [3.05, 3.63) is 29.3 Å². The lowest BCUT2D eigenvalue weighted by atomic mass is 10.1. The van der Waals surface area contributed by atoms with Gasteiger partial charge in [-0.05, 0) is 30.4 Å². The molecule has 0 bridgehead atoms. The minimum atomic E-state index is -4.41. The van der Waals surface area contributed by atoms with Crippen molar-refractivity contribution in [2.24, 2.45) is 0 Å². The zero-order valence-corrected chi connectivity index (χ0v) is 10.2. The summed E-state index contributed by atoms with van der Waals surface area (Å²) in [6.07, 6.45) is -3.44. The predicted octanol–water partition coefficient (Wildman–Crippen LogP) is 3.49. The zero-order valence-electron chi connectivity index (χ0n) is 9.42. The first-order valence-electron chi connectivity index (χ1n) is 5.46. The largest absolute Gasteiger partial charge is 0.416 e. The number of hydrogen-bond acceptors (Lipinski definition) is 3. The summed E-state index contributed by atoms with van der Waals surface area (Å²) in [7, 11) is 0. The van der Waals surface area contributed by atoms with Crippen molar-refractivity contribution in [1.82, 2.24) is 0 Å². The molecule has 1 atom stereocenters. The van der Waals surface area contributed by atoms with Crippen LogP contribution in [0.15, 0.2) is 18.2 Å². The molecule has 0 saturated carbocycles. The van der Waals surface area contributed by atoms with E-state index < -0.39 is 11.7 Å². The maximum absolute atomic E-state index is 12.5. The van der Waals surface area contributed by atoms with Crippen LogP contribution in [0.5, 0.6) is 0 Å². The Labute approximate surface area is 107 Å². The number of anilines is 1. The van der Waals surface area contributed by atoms with E-state index >= 15 is 0 Å². The molecule has 0 aliphatic carbocycles. The molecule has 1 N–H and O–H groups in total. The van der Waals surface area contributed by atoms with E-state index in [1.807, 2.05) is 6.07 Å². The Hall–Kier alpha value is -1.35. The first-order chi connectivity index (χ1) is 8.50. The average Bonchev–Trinajstić information content (AvgIpc) is 2.81. The van der Waals surface area contributed by atoms with Gasteiger partial charge in [0.2, 0.25) is 0 Å². The number of nitriles is 1. The highest BCUT2D eigenvalue weighted by molar-refractivity contribution is 7.99. The molecule has 1 aromatic carbocycles. The first kappa shape index (κ1) is 13.1. The molecule has 1 aliphatic heterocycles. The van der Waals surface area contributed by atoms with E-state index in [0.717, 1.165) is 30.1 Å². The molecule has 96 valence electrons. The van der Waals surface area contributed by atoms with Crippen LogP contribution in [0.1, 0.15) is 17.5 Å². The quantitative estimate of drug-likeness (QED) is 0.895. The third kappa shape index (κ3) is 2.91. The highest BCUT2D eigenvalue weighted by Gasteiger charge is 2.31. The van der Waals surface area contributed by atoms with Crippen LogP contribution in [0.2, 0.25) is 0 Å². The van der Waals surface area contributed by atoms with Gasteiger partial charge in [0.15, 0.2) is 0 Å². The van der Waals surface area contributed by atoms with E-state index in [0.29, 0.717) is 5.69 Å². The van der Waals surface area contributed by atoms with Crippen molar-refractivity contribution in [3.63, 3.8) is 0 Å². The van der Waals surface area contributed by atoms with Crippen molar-refractivity contribution in [3.8, 4) is 6.07 Å². The monoisotopic (exact) mass is 272 g/mol. The van der Waals surface area contributed by atoms with Crippen molar-refractivity contribution in [1.29, 1.82) is 5.26 Å². The fourth-order valence-corrected chi connectivity index (χ4v) is 2.96. The molecule has 1 unspecified atom stereocenters. The van der Waals surface area contributed by atoms with Gasteiger partial charge >= 0.3 is 6.18 Å². The molecule has 0 radical (unpaired) electrons. The second kappa shape index (κ2) is 5.11. The predicted molar refractivity (Wildman–Crippen MR) is 65.5 cm³/mol. The van der Waals surface area contributed by atoms with E-state index in [4.69, 9.17) is 5.26 Å². The summed E-state index contributed by atoms with van der Waals surface area (Å²) < 4.78 is 37.5. The van der Waals surface area contributed by atoms with Gasteiger partial charge in [-0.25, -0.2) is 0 Å². The average molecular weight is 272 g/mol. The molecule has 1 heterocycles. The van der Waals surface area contributed by atoms with Gasteiger partial charge in [0.1, 0.15) is 6.07 Å². The number of rotatable bonds is 2. The van der Waals surface area contributed by atoms with E-state index in [1.54, 1.807) is 11.8 Å². The van der Waals surface area contributed by atoms with Gasteiger partial charge in [0.25, 0.3) is 0 Å². The highest BCUT2D eigenvalue weighted by atomic mass is 32.2. The number of benzene rings is 1. The summed E-state index contributed by atoms with van der Waals surface area (Å²) in [5.41, 5.74) is -0.259. The Morgan fingerprint density at radius 1 is 1.39 bits per heavy atom. The molecule has 0 spiro atoms.